The van der Waals surface area contributed by atoms with E-state index < -0.39 is 11.7 Å². The van der Waals surface area contributed by atoms with Gasteiger partial charge < -0.3 is 19.9 Å². The number of alkyl carbamates (subject to hydrolysis) is 1. The summed E-state index contributed by atoms with van der Waals surface area (Å²) >= 11 is 0. The number of hydrogen-bond donors (Lipinski definition) is 2. The lowest BCUT2D eigenvalue weighted by Crippen LogP contribution is -2.33. The molecule has 3 aromatic rings. The van der Waals surface area contributed by atoms with Crippen molar-refractivity contribution in [3.05, 3.63) is 58.4 Å². The Bertz CT molecular complexity index is 1090. The van der Waals surface area contributed by atoms with E-state index in [9.17, 15) is 4.79 Å². The minimum absolute atomic E-state index is 0.325. The van der Waals surface area contributed by atoms with Crippen LogP contribution in [0.15, 0.2) is 30.3 Å². The number of carbonyl (C=O) groups is 1. The molecule has 0 atom stereocenters. The van der Waals surface area contributed by atoms with Gasteiger partial charge in [-0.2, -0.15) is 0 Å². The number of rotatable bonds is 3. The lowest BCUT2D eigenvalue weighted by molar-refractivity contribution is 0.0523. The summed E-state index contributed by atoms with van der Waals surface area (Å²) in [5.41, 5.74) is 6.46. The Morgan fingerprint density at radius 3 is 2.70 bits per heavy atom. The summed E-state index contributed by atoms with van der Waals surface area (Å²) in [6.07, 6.45) is 0.568. The fraction of sp³-hybridized carbons (Fsp3) is 0.417. The van der Waals surface area contributed by atoms with Crippen molar-refractivity contribution >= 4 is 22.8 Å². The van der Waals surface area contributed by atoms with Crippen molar-refractivity contribution in [2.24, 2.45) is 0 Å². The molecule has 0 spiro atoms. The topological polar surface area (TPSA) is 70.2 Å². The third kappa shape index (κ3) is 4.13. The Balaban J connectivity index is 1.65. The average molecular weight is 407 g/mol. The van der Waals surface area contributed by atoms with Crippen LogP contribution in [0.2, 0.25) is 0 Å². The number of fused-ring (bicyclic) bond motifs is 2. The molecule has 4 rings (SSSR count). The van der Waals surface area contributed by atoms with Crippen LogP contribution < -0.4 is 10.2 Å². The van der Waals surface area contributed by atoms with Crippen LogP contribution in [0, 0.1) is 13.8 Å². The van der Waals surface area contributed by atoms with Gasteiger partial charge in [0.15, 0.2) is 5.82 Å². The van der Waals surface area contributed by atoms with Gasteiger partial charge in [-0.3, -0.25) is 0 Å². The van der Waals surface area contributed by atoms with Crippen LogP contribution in [0.3, 0.4) is 0 Å². The molecule has 0 unspecified atom stereocenters. The van der Waals surface area contributed by atoms with Crippen LogP contribution in [0.4, 0.5) is 10.6 Å². The van der Waals surface area contributed by atoms with Crippen molar-refractivity contribution in [1.29, 1.82) is 0 Å². The molecule has 1 aliphatic heterocycles. The normalized spacial score (nSPS) is 14.0. The standard InChI is InChI=1S/C24H30N4O2/c1-15-16(2)26-21-20(15)12-19(13-25-23(29)30-24(3,4)5)27-22(21)28-11-10-17-8-6-7-9-18(17)14-28/h6-9,12,26H,10-11,13-14H2,1-5H3,(H,25,29). The predicted molar refractivity (Wildman–Crippen MR) is 120 cm³/mol. The molecule has 6 nitrogen and oxygen atoms in total. The highest BCUT2D eigenvalue weighted by Gasteiger charge is 2.22. The monoisotopic (exact) mass is 406 g/mol. The number of hydrogen-bond acceptors (Lipinski definition) is 4. The summed E-state index contributed by atoms with van der Waals surface area (Å²) in [5.74, 6) is 0.944. The van der Waals surface area contributed by atoms with E-state index in [0.29, 0.717) is 6.54 Å². The summed E-state index contributed by atoms with van der Waals surface area (Å²) in [7, 11) is 0. The zero-order chi connectivity index (χ0) is 21.5. The molecule has 1 aromatic carbocycles. The van der Waals surface area contributed by atoms with Crippen LogP contribution in [0.5, 0.6) is 0 Å². The highest BCUT2D eigenvalue weighted by molar-refractivity contribution is 5.93. The summed E-state index contributed by atoms with van der Waals surface area (Å²) < 4.78 is 5.37. The van der Waals surface area contributed by atoms with Gasteiger partial charge in [-0.05, 0) is 63.8 Å². The molecule has 0 bridgehead atoms. The number of aryl methyl sites for hydroxylation is 2. The van der Waals surface area contributed by atoms with Crippen LogP contribution in [0.25, 0.3) is 10.9 Å². The zero-order valence-corrected chi connectivity index (χ0v) is 18.4. The smallest absolute Gasteiger partial charge is 0.407 e. The van der Waals surface area contributed by atoms with Gasteiger partial charge in [0.1, 0.15) is 5.60 Å². The number of benzene rings is 1. The fourth-order valence-electron chi connectivity index (χ4n) is 3.96. The highest BCUT2D eigenvalue weighted by atomic mass is 16.6. The third-order valence-electron chi connectivity index (χ3n) is 5.58. The van der Waals surface area contributed by atoms with E-state index in [1.807, 2.05) is 20.8 Å². The van der Waals surface area contributed by atoms with Crippen LogP contribution in [-0.2, 0) is 24.2 Å². The molecule has 6 heteroatoms. The van der Waals surface area contributed by atoms with E-state index in [-0.39, 0.29) is 0 Å². The second kappa shape index (κ2) is 7.67. The van der Waals surface area contributed by atoms with Crippen molar-refractivity contribution < 1.29 is 9.53 Å². The summed E-state index contributed by atoms with van der Waals surface area (Å²) in [6.45, 7) is 11.8. The predicted octanol–water partition coefficient (Wildman–Crippen LogP) is 4.77. The molecular formula is C24H30N4O2. The Hall–Kier alpha value is -3.02. The molecule has 1 aliphatic rings. The van der Waals surface area contributed by atoms with E-state index in [1.165, 1.54) is 16.7 Å². The molecule has 2 N–H and O–H groups in total. The van der Waals surface area contributed by atoms with Gasteiger partial charge in [-0.15, -0.1) is 0 Å². The number of ether oxygens (including phenoxy) is 1. The molecule has 0 radical (unpaired) electrons. The second-order valence-corrected chi connectivity index (χ2v) is 9.03. The Morgan fingerprint density at radius 1 is 1.23 bits per heavy atom. The fourth-order valence-corrected chi connectivity index (χ4v) is 3.96. The highest BCUT2D eigenvalue weighted by Crippen LogP contribution is 2.32. The van der Waals surface area contributed by atoms with Gasteiger partial charge in [0, 0.05) is 24.2 Å². The van der Waals surface area contributed by atoms with Crippen LogP contribution >= 0.6 is 0 Å². The molecule has 3 heterocycles. The van der Waals surface area contributed by atoms with Crippen LogP contribution in [0.1, 0.15) is 48.8 Å². The number of pyridine rings is 1. The largest absolute Gasteiger partial charge is 0.444 e. The number of aromatic amines is 1. The van der Waals surface area contributed by atoms with Crippen molar-refractivity contribution in [3.63, 3.8) is 0 Å². The first-order valence-corrected chi connectivity index (χ1v) is 10.5. The van der Waals surface area contributed by atoms with E-state index in [0.717, 1.165) is 47.6 Å². The summed E-state index contributed by atoms with van der Waals surface area (Å²) in [4.78, 5) is 22.9. The van der Waals surface area contributed by atoms with Crippen molar-refractivity contribution in [1.82, 2.24) is 15.3 Å². The van der Waals surface area contributed by atoms with Gasteiger partial charge in [-0.1, -0.05) is 24.3 Å². The van der Waals surface area contributed by atoms with E-state index in [4.69, 9.17) is 9.72 Å². The zero-order valence-electron chi connectivity index (χ0n) is 18.4. The number of nitrogens with zero attached hydrogens (tertiary/aromatic N) is 2. The summed E-state index contributed by atoms with van der Waals surface area (Å²) in [5, 5.41) is 3.99. The molecule has 30 heavy (non-hydrogen) atoms. The lowest BCUT2D eigenvalue weighted by atomic mass is 10.00. The number of aromatic nitrogens is 2. The van der Waals surface area contributed by atoms with E-state index in [1.54, 1.807) is 0 Å². The van der Waals surface area contributed by atoms with Crippen molar-refractivity contribution in [3.8, 4) is 0 Å². The minimum atomic E-state index is -0.526. The Morgan fingerprint density at radius 2 is 1.97 bits per heavy atom. The molecule has 0 aliphatic carbocycles. The third-order valence-corrected chi connectivity index (χ3v) is 5.58. The SMILES string of the molecule is Cc1[nH]c2c(N3CCc4ccccc4C3)nc(CNC(=O)OC(C)(C)C)cc2c1C. The first-order valence-electron chi connectivity index (χ1n) is 10.5. The molecule has 0 saturated carbocycles. The molecule has 158 valence electrons. The first-order chi connectivity index (χ1) is 14.2. The van der Waals surface area contributed by atoms with Gasteiger partial charge in [0.2, 0.25) is 0 Å². The molecule has 0 saturated heterocycles. The maximum absolute atomic E-state index is 12.1. The molecule has 1 amide bonds. The molecule has 2 aromatic heterocycles. The quantitative estimate of drug-likeness (QED) is 0.657. The van der Waals surface area contributed by atoms with Gasteiger partial charge in [0.25, 0.3) is 0 Å². The Labute approximate surface area is 177 Å². The van der Waals surface area contributed by atoms with Crippen molar-refractivity contribution in [2.45, 2.75) is 59.7 Å². The summed E-state index contributed by atoms with van der Waals surface area (Å²) in [6, 6.07) is 10.7. The minimum Gasteiger partial charge on any atom is -0.444 e. The van der Waals surface area contributed by atoms with Gasteiger partial charge in [-0.25, -0.2) is 9.78 Å². The first kappa shape index (κ1) is 20.3. The maximum Gasteiger partial charge on any atom is 0.407 e. The number of nitrogens with one attached hydrogen (secondary N) is 2. The van der Waals surface area contributed by atoms with Crippen LogP contribution in [-0.4, -0.2) is 28.2 Å². The van der Waals surface area contributed by atoms with E-state index in [2.05, 4.69) is 59.4 Å². The number of carbonyl (C=O) groups excluding carboxylic acids is 1. The number of H-pyrrole nitrogens is 1. The lowest BCUT2D eigenvalue weighted by Gasteiger charge is -2.30. The maximum atomic E-state index is 12.1. The van der Waals surface area contributed by atoms with Gasteiger partial charge in [0.05, 0.1) is 17.8 Å². The number of amides is 1. The second-order valence-electron chi connectivity index (χ2n) is 9.03. The molecular weight excluding hydrogens is 376 g/mol. The molecule has 0 fully saturated rings. The van der Waals surface area contributed by atoms with Gasteiger partial charge >= 0.3 is 6.09 Å². The number of anilines is 1. The van der Waals surface area contributed by atoms with Crippen molar-refractivity contribution in [2.75, 3.05) is 11.4 Å². The van der Waals surface area contributed by atoms with E-state index >= 15 is 0 Å². The Kier molecular flexibility index (Phi) is 5.18. The average Bonchev–Trinajstić information content (AvgIpc) is 2.98.